The molecule has 0 fully saturated rings. The summed E-state index contributed by atoms with van der Waals surface area (Å²) < 4.78 is 6.81. The monoisotopic (exact) mass is 339 g/mol. The van der Waals surface area contributed by atoms with Gasteiger partial charge in [-0.05, 0) is 29.8 Å². The topological polar surface area (TPSA) is 59.9 Å². The molecule has 0 bridgehead atoms. The molecule has 120 valence electrons. The summed E-state index contributed by atoms with van der Waals surface area (Å²) in [4.78, 5) is 20.4. The second-order valence-electron chi connectivity index (χ2n) is 5.56. The summed E-state index contributed by atoms with van der Waals surface area (Å²) in [5, 5.41) is 1.57. The van der Waals surface area contributed by atoms with E-state index in [-0.39, 0.29) is 5.56 Å². The Morgan fingerprint density at radius 1 is 1.21 bits per heavy atom. The Morgan fingerprint density at radius 2 is 2.00 bits per heavy atom. The van der Waals surface area contributed by atoms with Gasteiger partial charge in [-0.1, -0.05) is 23.7 Å². The van der Waals surface area contributed by atoms with Gasteiger partial charge in [-0.25, -0.2) is 4.98 Å². The van der Waals surface area contributed by atoms with Gasteiger partial charge in [0.2, 0.25) is 0 Å². The fourth-order valence-electron chi connectivity index (χ4n) is 2.80. The van der Waals surface area contributed by atoms with Gasteiger partial charge in [0.1, 0.15) is 16.8 Å². The normalized spacial score (nSPS) is 11.2. The number of halogens is 1. The number of methoxy groups -OCH3 is 1. The Kier molecular flexibility index (Phi) is 3.50. The Balaban J connectivity index is 1.83. The third kappa shape index (κ3) is 2.43. The molecule has 4 rings (SSSR count). The van der Waals surface area contributed by atoms with Gasteiger partial charge in [-0.3, -0.25) is 9.36 Å². The molecule has 2 aromatic heterocycles. The SMILES string of the molecule is COc1ccc2c(c1)[nH]c1c(=O)n(Cc3ccc(Cl)cc3)cnc12. The zero-order valence-corrected chi connectivity index (χ0v) is 13.7. The van der Waals surface area contributed by atoms with Crippen LogP contribution >= 0.6 is 11.6 Å². The summed E-state index contributed by atoms with van der Waals surface area (Å²) in [5.74, 6) is 0.732. The van der Waals surface area contributed by atoms with Crippen molar-refractivity contribution in [1.29, 1.82) is 0 Å². The minimum Gasteiger partial charge on any atom is -0.497 e. The number of H-pyrrole nitrogens is 1. The molecule has 2 aromatic carbocycles. The minimum absolute atomic E-state index is 0.106. The van der Waals surface area contributed by atoms with Crippen LogP contribution in [0.5, 0.6) is 5.75 Å². The van der Waals surface area contributed by atoms with E-state index in [0.29, 0.717) is 22.6 Å². The van der Waals surface area contributed by atoms with E-state index >= 15 is 0 Å². The lowest BCUT2D eigenvalue weighted by Gasteiger charge is -2.05. The molecule has 2 heterocycles. The van der Waals surface area contributed by atoms with E-state index in [2.05, 4.69) is 9.97 Å². The molecule has 0 atom stereocenters. The minimum atomic E-state index is -0.106. The van der Waals surface area contributed by atoms with Crippen molar-refractivity contribution in [2.45, 2.75) is 6.54 Å². The van der Waals surface area contributed by atoms with Crippen LogP contribution in [0, 0.1) is 0 Å². The number of aromatic nitrogens is 3. The van der Waals surface area contributed by atoms with E-state index in [9.17, 15) is 4.79 Å². The molecule has 0 saturated heterocycles. The Labute approximate surface area is 142 Å². The molecular formula is C18H14ClN3O2. The molecule has 0 aliphatic heterocycles. The molecule has 0 spiro atoms. The third-order valence-electron chi connectivity index (χ3n) is 4.05. The molecule has 0 aliphatic rings. The van der Waals surface area contributed by atoms with Crippen molar-refractivity contribution >= 4 is 33.5 Å². The van der Waals surface area contributed by atoms with Gasteiger partial charge in [0.15, 0.2) is 0 Å². The number of hydrogen-bond donors (Lipinski definition) is 1. The number of benzene rings is 2. The predicted molar refractivity (Wildman–Crippen MR) is 95.0 cm³/mol. The Hall–Kier alpha value is -2.79. The molecule has 0 saturated carbocycles. The number of ether oxygens (including phenoxy) is 1. The first kappa shape index (κ1) is 14.8. The maximum Gasteiger partial charge on any atom is 0.277 e. The van der Waals surface area contributed by atoms with Crippen molar-refractivity contribution in [1.82, 2.24) is 14.5 Å². The first-order valence-electron chi connectivity index (χ1n) is 7.45. The molecule has 0 aliphatic carbocycles. The summed E-state index contributed by atoms with van der Waals surface area (Å²) in [6, 6.07) is 13.0. The maximum absolute atomic E-state index is 12.8. The van der Waals surface area contributed by atoms with E-state index in [0.717, 1.165) is 22.2 Å². The number of aromatic amines is 1. The average molecular weight is 340 g/mol. The fraction of sp³-hybridized carbons (Fsp3) is 0.111. The van der Waals surface area contributed by atoms with E-state index < -0.39 is 0 Å². The zero-order chi connectivity index (χ0) is 16.7. The van der Waals surface area contributed by atoms with Gasteiger partial charge in [0.05, 0.1) is 25.5 Å². The quantitative estimate of drug-likeness (QED) is 0.620. The second kappa shape index (κ2) is 5.69. The van der Waals surface area contributed by atoms with Crippen molar-refractivity contribution in [3.05, 3.63) is 69.7 Å². The zero-order valence-electron chi connectivity index (χ0n) is 12.9. The van der Waals surface area contributed by atoms with Crippen molar-refractivity contribution in [3.63, 3.8) is 0 Å². The lowest BCUT2D eigenvalue weighted by atomic mass is 10.2. The van der Waals surface area contributed by atoms with Crippen molar-refractivity contribution < 1.29 is 4.74 Å². The molecule has 0 unspecified atom stereocenters. The highest BCUT2D eigenvalue weighted by Gasteiger charge is 2.11. The largest absolute Gasteiger partial charge is 0.497 e. The average Bonchev–Trinajstić information content (AvgIpc) is 2.97. The number of nitrogens with one attached hydrogen (secondary N) is 1. The van der Waals surface area contributed by atoms with Gasteiger partial charge in [0.25, 0.3) is 5.56 Å². The van der Waals surface area contributed by atoms with Crippen LogP contribution in [-0.2, 0) is 6.54 Å². The molecule has 0 amide bonds. The summed E-state index contributed by atoms with van der Waals surface area (Å²) in [5.41, 5.74) is 2.88. The lowest BCUT2D eigenvalue weighted by Crippen LogP contribution is -2.21. The highest BCUT2D eigenvalue weighted by Crippen LogP contribution is 2.25. The Bertz CT molecular complexity index is 1100. The maximum atomic E-state index is 12.8. The number of rotatable bonds is 3. The molecule has 4 aromatic rings. The van der Waals surface area contributed by atoms with E-state index in [1.54, 1.807) is 18.0 Å². The van der Waals surface area contributed by atoms with Crippen LogP contribution in [0.3, 0.4) is 0 Å². The van der Waals surface area contributed by atoms with Crippen molar-refractivity contribution in [3.8, 4) is 5.75 Å². The van der Waals surface area contributed by atoms with Crippen LogP contribution in [0.2, 0.25) is 5.02 Å². The van der Waals surface area contributed by atoms with Gasteiger partial charge >= 0.3 is 0 Å². The number of fused-ring (bicyclic) bond motifs is 3. The number of nitrogens with zero attached hydrogens (tertiary/aromatic N) is 2. The predicted octanol–water partition coefficient (Wildman–Crippen LogP) is 3.59. The molecular weight excluding hydrogens is 326 g/mol. The van der Waals surface area contributed by atoms with E-state index in [1.165, 1.54) is 0 Å². The standard InChI is InChI=1S/C18H14ClN3O2/c1-24-13-6-7-14-15(8-13)21-17-16(14)20-10-22(18(17)23)9-11-2-4-12(19)5-3-11/h2-8,10,21H,9H2,1H3. The third-order valence-corrected chi connectivity index (χ3v) is 4.30. The Morgan fingerprint density at radius 3 is 2.75 bits per heavy atom. The van der Waals surface area contributed by atoms with Crippen LogP contribution in [-0.4, -0.2) is 21.6 Å². The smallest absolute Gasteiger partial charge is 0.277 e. The molecule has 6 heteroatoms. The van der Waals surface area contributed by atoms with Crippen molar-refractivity contribution in [2.24, 2.45) is 0 Å². The highest BCUT2D eigenvalue weighted by molar-refractivity contribution is 6.30. The van der Waals surface area contributed by atoms with Gasteiger partial charge < -0.3 is 9.72 Å². The molecule has 5 nitrogen and oxygen atoms in total. The lowest BCUT2D eigenvalue weighted by molar-refractivity contribution is 0.415. The van der Waals surface area contributed by atoms with Crippen LogP contribution in [0.25, 0.3) is 21.9 Å². The van der Waals surface area contributed by atoms with Crippen LogP contribution in [0.4, 0.5) is 0 Å². The van der Waals surface area contributed by atoms with E-state index in [4.69, 9.17) is 16.3 Å². The van der Waals surface area contributed by atoms with Crippen LogP contribution < -0.4 is 10.3 Å². The van der Waals surface area contributed by atoms with Gasteiger partial charge in [0, 0.05) is 16.5 Å². The second-order valence-corrected chi connectivity index (χ2v) is 6.00. The summed E-state index contributed by atoms with van der Waals surface area (Å²) in [7, 11) is 1.61. The first-order chi connectivity index (χ1) is 11.7. The summed E-state index contributed by atoms with van der Waals surface area (Å²) in [6.07, 6.45) is 1.58. The first-order valence-corrected chi connectivity index (χ1v) is 7.83. The summed E-state index contributed by atoms with van der Waals surface area (Å²) in [6.45, 7) is 0.442. The van der Waals surface area contributed by atoms with Crippen LogP contribution in [0.15, 0.2) is 53.6 Å². The van der Waals surface area contributed by atoms with E-state index in [1.807, 2.05) is 42.5 Å². The fourth-order valence-corrected chi connectivity index (χ4v) is 2.93. The highest BCUT2D eigenvalue weighted by atomic mass is 35.5. The molecule has 24 heavy (non-hydrogen) atoms. The molecule has 0 radical (unpaired) electrons. The molecule has 1 N–H and O–H groups in total. The summed E-state index contributed by atoms with van der Waals surface area (Å²) >= 11 is 5.90. The van der Waals surface area contributed by atoms with Crippen molar-refractivity contribution in [2.75, 3.05) is 7.11 Å². The van der Waals surface area contributed by atoms with Gasteiger partial charge in [-0.2, -0.15) is 0 Å². The van der Waals surface area contributed by atoms with Gasteiger partial charge in [-0.15, -0.1) is 0 Å². The number of hydrogen-bond acceptors (Lipinski definition) is 3. The van der Waals surface area contributed by atoms with Crippen LogP contribution in [0.1, 0.15) is 5.56 Å².